The van der Waals surface area contributed by atoms with Crippen LogP contribution in [-0.4, -0.2) is 12.2 Å². The molecule has 3 rings (SSSR count). The molecular weight excluding hydrogens is 412 g/mol. The quantitative estimate of drug-likeness (QED) is 0.427. The fourth-order valence-electron chi connectivity index (χ4n) is 4.11. The SMILES string of the molecule is C=C/C=C(\C=C)C1(C(/C=C\C)=C/C)c2ccccc2-c2ccccc21.CC.CCC(C)C.CO. The first-order valence-corrected chi connectivity index (χ1v) is 12.4. The predicted octanol–water partition coefficient (Wildman–Crippen LogP) is 9.46. The van der Waals surface area contributed by atoms with Crippen LogP contribution in [0.4, 0.5) is 0 Å². The molecule has 0 fully saturated rings. The molecule has 0 unspecified atom stereocenters. The number of fused-ring (bicyclic) bond motifs is 3. The summed E-state index contributed by atoms with van der Waals surface area (Å²) in [6.07, 6.45) is 13.7. The molecule has 0 heterocycles. The van der Waals surface area contributed by atoms with Gasteiger partial charge in [-0.1, -0.05) is 139 Å². The van der Waals surface area contributed by atoms with Gasteiger partial charge in [-0.05, 0) is 53.2 Å². The summed E-state index contributed by atoms with van der Waals surface area (Å²) in [5.74, 6) is 0.884. The van der Waals surface area contributed by atoms with Crippen molar-refractivity contribution < 1.29 is 5.11 Å². The highest BCUT2D eigenvalue weighted by Crippen LogP contribution is 2.56. The first kappa shape index (κ1) is 31.1. The standard InChI is InChI=1S/C25H24.C5H12.C2H6.CH4O/c1-5-13-19(7-3)25(20(8-4)14-6-2)23-17-11-9-15-21(23)22-16-10-12-18-24(22)25;1-4-5(2)3;2*1-2/h5-18H,1,3H2,2,4H3;5H,4H2,1-3H3;1-2H3;2H,1H3/b14-6-,19-13+,20-8+;;;. The van der Waals surface area contributed by atoms with Crippen LogP contribution in [0.15, 0.2) is 109 Å². The molecule has 0 aromatic heterocycles. The van der Waals surface area contributed by atoms with E-state index in [1.165, 1.54) is 34.2 Å². The lowest BCUT2D eigenvalue weighted by molar-refractivity contribution is 0.399. The first-order chi connectivity index (χ1) is 16.5. The lowest BCUT2D eigenvalue weighted by atomic mass is 9.66. The van der Waals surface area contributed by atoms with E-state index in [1.807, 2.05) is 26.0 Å². The van der Waals surface area contributed by atoms with Crippen molar-refractivity contribution in [2.75, 3.05) is 7.11 Å². The molecule has 0 saturated heterocycles. The van der Waals surface area contributed by atoms with E-state index in [0.717, 1.165) is 18.6 Å². The topological polar surface area (TPSA) is 20.2 Å². The Labute approximate surface area is 210 Å². The van der Waals surface area contributed by atoms with E-state index in [1.54, 1.807) is 0 Å². The van der Waals surface area contributed by atoms with Crippen LogP contribution in [0.2, 0.25) is 0 Å². The Hall–Kier alpha value is -2.90. The number of hydrogen-bond acceptors (Lipinski definition) is 1. The second kappa shape index (κ2) is 16.7. The Morgan fingerprint density at radius 1 is 0.882 bits per heavy atom. The summed E-state index contributed by atoms with van der Waals surface area (Å²) in [7, 11) is 1.00. The largest absolute Gasteiger partial charge is 0.400 e. The molecule has 0 saturated carbocycles. The van der Waals surface area contributed by atoms with Crippen LogP contribution >= 0.6 is 0 Å². The summed E-state index contributed by atoms with van der Waals surface area (Å²) in [6, 6.07) is 17.4. The van der Waals surface area contributed by atoms with Crippen LogP contribution in [-0.2, 0) is 5.41 Å². The van der Waals surface area contributed by atoms with E-state index in [2.05, 4.69) is 121 Å². The normalized spacial score (nSPS) is 13.4. The lowest BCUT2D eigenvalue weighted by Crippen LogP contribution is -2.29. The number of benzene rings is 2. The first-order valence-electron chi connectivity index (χ1n) is 12.4. The Morgan fingerprint density at radius 2 is 1.32 bits per heavy atom. The molecule has 1 aliphatic rings. The van der Waals surface area contributed by atoms with Crippen LogP contribution in [0.3, 0.4) is 0 Å². The zero-order valence-corrected chi connectivity index (χ0v) is 22.7. The molecular formula is C33H46O. The van der Waals surface area contributed by atoms with Gasteiger partial charge in [-0.25, -0.2) is 0 Å². The average Bonchev–Trinajstić information content (AvgIpc) is 3.19. The maximum atomic E-state index is 7.00. The van der Waals surface area contributed by atoms with Crippen LogP contribution in [0.25, 0.3) is 11.1 Å². The van der Waals surface area contributed by atoms with Crippen LogP contribution in [0, 0.1) is 5.92 Å². The van der Waals surface area contributed by atoms with Crippen molar-refractivity contribution in [1.82, 2.24) is 0 Å². The van der Waals surface area contributed by atoms with Crippen LogP contribution in [0.1, 0.15) is 66.0 Å². The summed E-state index contributed by atoms with van der Waals surface area (Å²) in [6.45, 7) is 22.9. The van der Waals surface area contributed by atoms with Gasteiger partial charge in [-0.2, -0.15) is 0 Å². The monoisotopic (exact) mass is 458 g/mol. The minimum absolute atomic E-state index is 0.357. The summed E-state index contributed by atoms with van der Waals surface area (Å²) in [4.78, 5) is 0. The van der Waals surface area contributed by atoms with E-state index in [9.17, 15) is 0 Å². The van der Waals surface area contributed by atoms with Gasteiger partial charge in [0, 0.05) is 7.11 Å². The molecule has 1 nitrogen and oxygen atoms in total. The van der Waals surface area contributed by atoms with Crippen molar-refractivity contribution in [2.24, 2.45) is 5.92 Å². The fraction of sp³-hybridized carbons (Fsp3) is 0.333. The highest BCUT2D eigenvalue weighted by Gasteiger charge is 2.46. The van der Waals surface area contributed by atoms with E-state index in [4.69, 9.17) is 5.11 Å². The molecule has 1 heteroatoms. The molecule has 0 amide bonds. The van der Waals surface area contributed by atoms with Crippen molar-refractivity contribution in [3.63, 3.8) is 0 Å². The molecule has 0 bridgehead atoms. The molecule has 1 N–H and O–H groups in total. The van der Waals surface area contributed by atoms with Crippen molar-refractivity contribution >= 4 is 0 Å². The van der Waals surface area contributed by atoms with Gasteiger partial charge < -0.3 is 5.11 Å². The molecule has 0 radical (unpaired) electrons. The second-order valence-corrected chi connectivity index (χ2v) is 7.95. The predicted molar refractivity (Wildman–Crippen MR) is 154 cm³/mol. The number of aliphatic hydroxyl groups is 1. The molecule has 34 heavy (non-hydrogen) atoms. The second-order valence-electron chi connectivity index (χ2n) is 7.95. The average molecular weight is 459 g/mol. The van der Waals surface area contributed by atoms with Gasteiger partial charge in [-0.3, -0.25) is 0 Å². The van der Waals surface area contributed by atoms with E-state index in [0.29, 0.717) is 0 Å². The van der Waals surface area contributed by atoms with E-state index >= 15 is 0 Å². The van der Waals surface area contributed by atoms with Gasteiger partial charge in [0.1, 0.15) is 0 Å². The van der Waals surface area contributed by atoms with Gasteiger partial charge in [0.05, 0.1) is 5.41 Å². The molecule has 2 aromatic rings. The Bertz CT molecular complexity index is 924. The number of hydrogen-bond donors (Lipinski definition) is 1. The Kier molecular flexibility index (Phi) is 15.3. The Balaban J connectivity index is 0.00000106. The van der Waals surface area contributed by atoms with E-state index in [-0.39, 0.29) is 5.41 Å². The van der Waals surface area contributed by atoms with Crippen molar-refractivity contribution in [2.45, 2.75) is 60.3 Å². The maximum Gasteiger partial charge on any atom is 0.0710 e. The number of allylic oxidation sites excluding steroid dienone is 8. The third-order valence-corrected chi connectivity index (χ3v) is 5.81. The van der Waals surface area contributed by atoms with E-state index < -0.39 is 0 Å². The van der Waals surface area contributed by atoms with Crippen LogP contribution < -0.4 is 0 Å². The Morgan fingerprint density at radius 3 is 1.65 bits per heavy atom. The molecule has 1 aliphatic carbocycles. The minimum Gasteiger partial charge on any atom is -0.400 e. The summed E-state index contributed by atoms with van der Waals surface area (Å²) >= 11 is 0. The summed E-state index contributed by atoms with van der Waals surface area (Å²) in [5.41, 5.74) is 7.22. The van der Waals surface area contributed by atoms with Crippen molar-refractivity contribution in [3.8, 4) is 11.1 Å². The fourth-order valence-corrected chi connectivity index (χ4v) is 4.11. The molecule has 2 aromatic carbocycles. The smallest absolute Gasteiger partial charge is 0.0710 e. The molecule has 0 atom stereocenters. The zero-order chi connectivity index (χ0) is 26.1. The molecule has 184 valence electrons. The summed E-state index contributed by atoms with van der Waals surface area (Å²) in [5, 5.41) is 7.00. The highest BCUT2D eigenvalue weighted by atomic mass is 16.2. The van der Waals surface area contributed by atoms with Gasteiger partial charge in [0.15, 0.2) is 0 Å². The maximum absolute atomic E-state index is 7.00. The van der Waals surface area contributed by atoms with Crippen molar-refractivity contribution in [3.05, 3.63) is 120 Å². The van der Waals surface area contributed by atoms with Crippen LogP contribution in [0.5, 0.6) is 0 Å². The lowest BCUT2D eigenvalue weighted by Gasteiger charge is -2.35. The summed E-state index contributed by atoms with van der Waals surface area (Å²) < 4.78 is 0. The van der Waals surface area contributed by atoms with Gasteiger partial charge >= 0.3 is 0 Å². The molecule has 0 spiro atoms. The zero-order valence-electron chi connectivity index (χ0n) is 22.7. The van der Waals surface area contributed by atoms with Gasteiger partial charge in [0.25, 0.3) is 0 Å². The van der Waals surface area contributed by atoms with Gasteiger partial charge in [0.2, 0.25) is 0 Å². The number of rotatable bonds is 6. The third-order valence-electron chi connectivity index (χ3n) is 5.81. The third kappa shape index (κ3) is 6.58. The van der Waals surface area contributed by atoms with Crippen molar-refractivity contribution in [1.29, 1.82) is 0 Å². The highest BCUT2D eigenvalue weighted by molar-refractivity contribution is 5.87. The minimum atomic E-state index is -0.357. The van der Waals surface area contributed by atoms with Gasteiger partial charge in [-0.15, -0.1) is 0 Å². The number of aliphatic hydroxyl groups excluding tert-OH is 1. The molecule has 0 aliphatic heterocycles.